The molecule has 0 aromatic carbocycles. The highest BCUT2D eigenvalue weighted by atomic mass is 28.4. The van der Waals surface area contributed by atoms with Crippen molar-refractivity contribution in [3.63, 3.8) is 0 Å². The van der Waals surface area contributed by atoms with Crippen molar-refractivity contribution < 1.29 is 27.5 Å². The topological polar surface area (TPSA) is 78.8 Å². The van der Waals surface area contributed by atoms with Crippen molar-refractivity contribution in [2.45, 2.75) is 76.2 Å². The van der Waals surface area contributed by atoms with E-state index < -0.39 is 26.2 Å². The van der Waals surface area contributed by atoms with Crippen LogP contribution in [-0.4, -0.2) is 72.1 Å². The predicted octanol–water partition coefficient (Wildman–Crippen LogP) is 3.06. The first kappa shape index (κ1) is 23.9. The van der Waals surface area contributed by atoms with Crippen molar-refractivity contribution in [3.8, 4) is 0 Å². The number of amides is 1. The molecule has 1 unspecified atom stereocenters. The Balaban J connectivity index is 1.84. The van der Waals surface area contributed by atoms with Crippen molar-refractivity contribution in [1.82, 2.24) is 14.9 Å². The smallest absolute Gasteiger partial charge is 0.410 e. The van der Waals surface area contributed by atoms with Gasteiger partial charge in [0.05, 0.1) is 17.7 Å². The van der Waals surface area contributed by atoms with Crippen LogP contribution >= 0.6 is 0 Å². The van der Waals surface area contributed by atoms with Crippen molar-refractivity contribution in [2.24, 2.45) is 0 Å². The quantitative estimate of drug-likeness (QED) is 0.696. The summed E-state index contributed by atoms with van der Waals surface area (Å²) in [6.45, 7) is 11.9. The predicted molar refractivity (Wildman–Crippen MR) is 112 cm³/mol. The second kappa shape index (κ2) is 8.32. The fourth-order valence-corrected chi connectivity index (χ4v) is 5.10. The van der Waals surface area contributed by atoms with Gasteiger partial charge >= 0.3 is 6.18 Å². The molecule has 0 spiro atoms. The Morgan fingerprint density at radius 3 is 2.23 bits per heavy atom. The van der Waals surface area contributed by atoms with Crippen LogP contribution in [0.4, 0.5) is 19.1 Å². The number of aliphatic hydroxyl groups excluding tert-OH is 1. The summed E-state index contributed by atoms with van der Waals surface area (Å²) in [5.74, 6) is -0.0730. The molecule has 7 nitrogen and oxygen atoms in total. The third-order valence-electron chi connectivity index (χ3n) is 6.64. The second-order valence-corrected chi connectivity index (χ2v) is 14.6. The molecule has 11 heteroatoms. The van der Waals surface area contributed by atoms with Gasteiger partial charge in [0.25, 0.3) is 5.91 Å². The van der Waals surface area contributed by atoms with Gasteiger partial charge in [0.2, 0.25) is 5.95 Å². The Hall–Kier alpha value is -1.72. The van der Waals surface area contributed by atoms with Crippen LogP contribution in [0.2, 0.25) is 18.1 Å². The van der Waals surface area contributed by atoms with Crippen LogP contribution < -0.4 is 4.90 Å². The lowest BCUT2D eigenvalue weighted by atomic mass is 10.0. The Labute approximate surface area is 181 Å². The highest BCUT2D eigenvalue weighted by Crippen LogP contribution is 2.39. The molecule has 3 atom stereocenters. The van der Waals surface area contributed by atoms with Gasteiger partial charge < -0.3 is 19.3 Å². The number of carbonyl (C=O) groups is 1. The molecule has 1 amide bonds. The number of aliphatic hydroxyl groups is 1. The van der Waals surface area contributed by atoms with Gasteiger partial charge in [-0.3, -0.25) is 4.79 Å². The summed E-state index contributed by atoms with van der Waals surface area (Å²) in [6, 6.07) is -0.204. The monoisotopic (exact) mass is 460 g/mol. The van der Waals surface area contributed by atoms with Gasteiger partial charge in [0, 0.05) is 32.0 Å². The highest BCUT2D eigenvalue weighted by Gasteiger charge is 2.46. The molecule has 2 saturated heterocycles. The minimum absolute atomic E-state index is 0.0563. The summed E-state index contributed by atoms with van der Waals surface area (Å²) in [5, 5.41) is 9.87. The first-order valence-electron chi connectivity index (χ1n) is 10.5. The molecular formula is C20H31F3N4O3Si. The Morgan fingerprint density at radius 1 is 1.13 bits per heavy atom. The third kappa shape index (κ3) is 5.03. The van der Waals surface area contributed by atoms with Crippen molar-refractivity contribution >= 4 is 20.2 Å². The number of aromatic nitrogens is 2. The van der Waals surface area contributed by atoms with Crippen molar-refractivity contribution in [1.29, 1.82) is 0 Å². The van der Waals surface area contributed by atoms with Gasteiger partial charge in [0.1, 0.15) is 6.10 Å². The van der Waals surface area contributed by atoms with Gasteiger partial charge in [-0.15, -0.1) is 0 Å². The maximum atomic E-state index is 12.8. The van der Waals surface area contributed by atoms with Crippen molar-refractivity contribution in [3.05, 3.63) is 18.0 Å². The molecule has 31 heavy (non-hydrogen) atoms. The second-order valence-electron chi connectivity index (χ2n) is 9.82. The van der Waals surface area contributed by atoms with Crippen LogP contribution in [-0.2, 0) is 15.4 Å². The molecule has 0 aliphatic carbocycles. The molecule has 174 valence electrons. The molecule has 2 fully saturated rings. The minimum atomic E-state index is -4.49. The van der Waals surface area contributed by atoms with Crippen LogP contribution in [0.25, 0.3) is 0 Å². The SMILES string of the molecule is CC(C)(C)[Si](C)(C)O[C@@H]1CN(c2ncc(C(F)(F)F)cn2)CC[C@H]1N1CCC(O)C1=O. The standard InChI is InChI=1S/C20H31F3N4O3Si/c1-19(2,3)31(4,5)30-16-12-26(18-24-10-13(11-25-18)20(21,22)23)8-6-14(16)27-9-7-15(28)17(27)29/h10-11,14-16,28H,6-9,12H2,1-5H3/t14-,15?,16-/m1/s1. The minimum Gasteiger partial charge on any atom is -0.410 e. The zero-order valence-electron chi connectivity index (χ0n) is 18.6. The maximum absolute atomic E-state index is 12.8. The number of likely N-dealkylation sites (tertiary alicyclic amines) is 1. The van der Waals surface area contributed by atoms with Crippen LogP contribution in [0.15, 0.2) is 12.4 Å². The Kier molecular flexibility index (Phi) is 6.42. The van der Waals surface area contributed by atoms with Crippen molar-refractivity contribution in [2.75, 3.05) is 24.5 Å². The Morgan fingerprint density at radius 2 is 1.74 bits per heavy atom. The molecule has 1 N–H and O–H groups in total. The molecule has 0 bridgehead atoms. The Bertz CT molecular complexity index is 798. The number of carbonyl (C=O) groups excluding carboxylic acids is 1. The van der Waals surface area contributed by atoms with E-state index in [1.165, 1.54) is 0 Å². The molecule has 2 aliphatic heterocycles. The zero-order chi connectivity index (χ0) is 23.2. The van der Waals surface area contributed by atoms with Gasteiger partial charge in [-0.25, -0.2) is 9.97 Å². The van der Waals surface area contributed by atoms with Gasteiger partial charge in [-0.2, -0.15) is 13.2 Å². The zero-order valence-corrected chi connectivity index (χ0v) is 19.6. The molecule has 3 heterocycles. The first-order chi connectivity index (χ1) is 14.2. The largest absolute Gasteiger partial charge is 0.419 e. The van der Waals surface area contributed by atoms with E-state index in [4.69, 9.17) is 4.43 Å². The lowest BCUT2D eigenvalue weighted by Crippen LogP contribution is -2.60. The molecule has 0 radical (unpaired) electrons. The summed E-state index contributed by atoms with van der Waals surface area (Å²) >= 11 is 0. The van der Waals surface area contributed by atoms with Gasteiger partial charge in [-0.1, -0.05) is 20.8 Å². The van der Waals surface area contributed by atoms with Crippen LogP contribution in [0, 0.1) is 0 Å². The van der Waals surface area contributed by atoms with E-state index in [1.54, 1.807) is 4.90 Å². The molecular weight excluding hydrogens is 429 g/mol. The molecule has 0 saturated carbocycles. The number of hydrogen-bond acceptors (Lipinski definition) is 6. The average Bonchev–Trinajstić information content (AvgIpc) is 2.99. The van der Waals surface area contributed by atoms with E-state index in [2.05, 4.69) is 43.8 Å². The summed E-state index contributed by atoms with van der Waals surface area (Å²) in [7, 11) is -2.21. The fraction of sp³-hybridized carbons (Fsp3) is 0.750. The summed E-state index contributed by atoms with van der Waals surface area (Å²) in [5.41, 5.74) is -0.892. The first-order valence-corrected chi connectivity index (χ1v) is 13.4. The van der Waals surface area contributed by atoms with Crippen LogP contribution in [0.5, 0.6) is 0 Å². The molecule has 3 rings (SSSR count). The molecule has 1 aromatic heterocycles. The number of piperidine rings is 1. The fourth-order valence-electron chi connectivity index (χ4n) is 3.76. The summed E-state index contributed by atoms with van der Waals surface area (Å²) < 4.78 is 45.2. The number of nitrogens with zero attached hydrogens (tertiary/aromatic N) is 4. The van der Waals surface area contributed by atoms with E-state index in [1.807, 2.05) is 4.90 Å². The average molecular weight is 461 g/mol. The number of hydrogen-bond donors (Lipinski definition) is 1. The van der Waals surface area contributed by atoms with E-state index >= 15 is 0 Å². The van der Waals surface area contributed by atoms with Gasteiger partial charge in [-0.05, 0) is 31.0 Å². The highest BCUT2D eigenvalue weighted by molar-refractivity contribution is 6.74. The van der Waals surface area contributed by atoms with E-state index in [9.17, 15) is 23.1 Å². The number of rotatable bonds is 4. The lowest BCUT2D eigenvalue weighted by molar-refractivity contribution is -0.139. The lowest BCUT2D eigenvalue weighted by Gasteiger charge is -2.47. The summed E-state index contributed by atoms with van der Waals surface area (Å²) in [6.07, 6.45) is -3.29. The van der Waals surface area contributed by atoms with Crippen LogP contribution in [0.3, 0.4) is 0 Å². The van der Waals surface area contributed by atoms with Crippen LogP contribution in [0.1, 0.15) is 39.2 Å². The summed E-state index contributed by atoms with van der Waals surface area (Å²) in [4.78, 5) is 23.9. The normalized spacial score (nSPS) is 26.0. The number of halogens is 3. The van der Waals surface area contributed by atoms with E-state index in [0.717, 1.165) is 12.4 Å². The van der Waals surface area contributed by atoms with Gasteiger partial charge in [0.15, 0.2) is 8.32 Å². The van der Waals surface area contributed by atoms with E-state index in [-0.39, 0.29) is 29.0 Å². The molecule has 1 aromatic rings. The molecule has 2 aliphatic rings. The number of anilines is 1. The number of alkyl halides is 3. The third-order valence-corrected chi connectivity index (χ3v) is 11.1. The van der Waals surface area contributed by atoms with E-state index in [0.29, 0.717) is 32.5 Å². The maximum Gasteiger partial charge on any atom is 0.419 e.